The predicted octanol–water partition coefficient (Wildman–Crippen LogP) is 12.1. The van der Waals surface area contributed by atoms with E-state index >= 15 is 0 Å². The van der Waals surface area contributed by atoms with E-state index < -0.39 is 0 Å². The van der Waals surface area contributed by atoms with Gasteiger partial charge in [0.2, 0.25) is 0 Å². The molecule has 3 aromatic heterocycles. The largest absolute Gasteiger partial charge is 0.507 e. The van der Waals surface area contributed by atoms with Crippen molar-refractivity contribution in [3.63, 3.8) is 0 Å². The lowest BCUT2D eigenvalue weighted by atomic mass is 9.78. The number of fused-ring (bicyclic) bond motifs is 3. The second kappa shape index (κ2) is 13.0. The van der Waals surface area contributed by atoms with Gasteiger partial charge in [-0.2, -0.15) is 0 Å². The van der Waals surface area contributed by atoms with Crippen LogP contribution in [0.2, 0.25) is 0 Å². The van der Waals surface area contributed by atoms with Crippen molar-refractivity contribution in [2.24, 2.45) is 5.92 Å². The van der Waals surface area contributed by atoms with Gasteiger partial charge in [-0.05, 0) is 95.0 Å². The zero-order chi connectivity index (χ0) is 36.1. The molecular formula is C45H46N4O2. The molecule has 6 nitrogen and oxygen atoms in total. The fraction of sp³-hybridized carbons (Fsp3) is 0.267. The summed E-state index contributed by atoms with van der Waals surface area (Å²) in [5.74, 6) is 2.01. The molecule has 0 aliphatic heterocycles. The summed E-state index contributed by atoms with van der Waals surface area (Å²) in [5, 5.41) is 13.0. The number of phenols is 1. The number of aromatic nitrogens is 3. The van der Waals surface area contributed by atoms with Crippen molar-refractivity contribution in [1.29, 1.82) is 0 Å². The third kappa shape index (κ3) is 6.71. The Labute approximate surface area is 300 Å². The molecular weight excluding hydrogens is 629 g/mol. The minimum atomic E-state index is -0.310. The van der Waals surface area contributed by atoms with Crippen molar-refractivity contribution < 1.29 is 9.52 Å². The smallest absolute Gasteiger partial charge is 0.180 e. The number of phenolic OH excluding ortho intramolecular Hbond substituents is 1. The third-order valence-electron chi connectivity index (χ3n) is 9.29. The van der Waals surface area contributed by atoms with Crippen molar-refractivity contribution in [2.45, 2.75) is 72.6 Å². The summed E-state index contributed by atoms with van der Waals surface area (Å²) in [5.41, 5.74) is 8.70. The van der Waals surface area contributed by atoms with Gasteiger partial charge in [0.05, 0.1) is 0 Å². The van der Waals surface area contributed by atoms with Crippen molar-refractivity contribution in [3.8, 4) is 28.4 Å². The number of hydrogen-bond donors (Lipinski definition) is 1. The fourth-order valence-electron chi connectivity index (χ4n) is 6.72. The second-order valence-electron chi connectivity index (χ2n) is 15.9. The van der Waals surface area contributed by atoms with E-state index in [0.29, 0.717) is 34.1 Å². The highest BCUT2D eigenvalue weighted by molar-refractivity contribution is 6.07. The molecule has 0 saturated carbocycles. The molecule has 6 heteroatoms. The molecule has 0 saturated heterocycles. The first-order valence-corrected chi connectivity index (χ1v) is 17.8. The Morgan fingerprint density at radius 1 is 0.745 bits per heavy atom. The van der Waals surface area contributed by atoms with Gasteiger partial charge in [-0.1, -0.05) is 97.9 Å². The molecule has 3 heterocycles. The number of nitrogens with zero attached hydrogens (tertiary/aromatic N) is 4. The molecule has 0 unspecified atom stereocenters. The van der Waals surface area contributed by atoms with Crippen LogP contribution in [0.4, 0.5) is 17.2 Å². The van der Waals surface area contributed by atoms with Gasteiger partial charge < -0.3 is 9.52 Å². The van der Waals surface area contributed by atoms with E-state index in [0.717, 1.165) is 51.3 Å². The molecule has 0 radical (unpaired) electrons. The van der Waals surface area contributed by atoms with Gasteiger partial charge >= 0.3 is 0 Å². The van der Waals surface area contributed by atoms with Crippen LogP contribution in [0.5, 0.6) is 5.75 Å². The van der Waals surface area contributed by atoms with Crippen LogP contribution in [0.3, 0.4) is 0 Å². The maximum absolute atomic E-state index is 12.1. The van der Waals surface area contributed by atoms with Crippen molar-refractivity contribution in [3.05, 3.63) is 126 Å². The SMILES string of the molecule is CC(C)Cc1cc(-c2nc(-c3cc(C(C)(C)C)cc(C(C)(C)C)c3O)c3oc4ccccc4c3n2)cc(N(c2ccccc2)c2ccccn2)c1. The summed E-state index contributed by atoms with van der Waals surface area (Å²) >= 11 is 0. The number of aromatic hydroxyl groups is 1. The summed E-state index contributed by atoms with van der Waals surface area (Å²) in [6.45, 7) is 17.4. The van der Waals surface area contributed by atoms with E-state index in [4.69, 9.17) is 19.4 Å². The number of hydrogen-bond acceptors (Lipinski definition) is 6. The molecule has 7 aromatic rings. The van der Waals surface area contributed by atoms with Gasteiger partial charge in [-0.15, -0.1) is 0 Å². The lowest BCUT2D eigenvalue weighted by molar-refractivity contribution is 0.446. The first kappa shape index (κ1) is 34.0. The summed E-state index contributed by atoms with van der Waals surface area (Å²) in [4.78, 5) is 17.5. The highest BCUT2D eigenvalue weighted by Crippen LogP contribution is 2.45. The maximum Gasteiger partial charge on any atom is 0.180 e. The van der Waals surface area contributed by atoms with Gasteiger partial charge in [-0.3, -0.25) is 4.90 Å². The van der Waals surface area contributed by atoms with Crippen molar-refractivity contribution >= 4 is 39.3 Å². The average Bonchev–Trinajstić information content (AvgIpc) is 3.46. The Morgan fingerprint density at radius 3 is 2.16 bits per heavy atom. The number of benzene rings is 4. The number of furan rings is 1. The van der Waals surface area contributed by atoms with Crippen LogP contribution in [0.15, 0.2) is 114 Å². The van der Waals surface area contributed by atoms with Crippen LogP contribution in [-0.4, -0.2) is 20.1 Å². The number of para-hydroxylation sites is 2. The minimum absolute atomic E-state index is 0.169. The molecule has 0 aliphatic rings. The zero-order valence-electron chi connectivity index (χ0n) is 30.8. The first-order valence-electron chi connectivity index (χ1n) is 17.8. The normalized spacial score (nSPS) is 12.3. The van der Waals surface area contributed by atoms with E-state index in [1.807, 2.05) is 66.9 Å². The predicted molar refractivity (Wildman–Crippen MR) is 210 cm³/mol. The standard InChI is InChI=1S/C45H46N4O2/c1-28(2)22-29-23-30(25-33(24-29)49(32-16-10-9-11-17-32)38-20-14-15-21-46-38)43-47-39-34-18-12-13-19-37(34)51-42(39)40(48-43)35-26-31(44(3,4)5)27-36(41(35)50)45(6,7)8/h9-21,23-28,50H,22H2,1-8H3. The monoisotopic (exact) mass is 674 g/mol. The van der Waals surface area contributed by atoms with Crippen LogP contribution in [0.25, 0.3) is 44.7 Å². The fourth-order valence-corrected chi connectivity index (χ4v) is 6.72. The molecule has 51 heavy (non-hydrogen) atoms. The molecule has 0 bridgehead atoms. The Kier molecular flexibility index (Phi) is 8.66. The zero-order valence-corrected chi connectivity index (χ0v) is 30.8. The molecule has 0 aliphatic carbocycles. The summed E-state index contributed by atoms with van der Waals surface area (Å²) in [6, 6.07) is 35.0. The van der Waals surface area contributed by atoms with Crippen LogP contribution in [0.1, 0.15) is 72.1 Å². The Balaban J connectivity index is 1.54. The molecule has 0 amide bonds. The Bertz CT molecular complexity index is 2310. The molecule has 4 aromatic carbocycles. The third-order valence-corrected chi connectivity index (χ3v) is 9.29. The van der Waals surface area contributed by atoms with E-state index in [-0.39, 0.29) is 16.6 Å². The summed E-state index contributed by atoms with van der Waals surface area (Å²) in [6.07, 6.45) is 2.69. The molecule has 0 atom stereocenters. The van der Waals surface area contributed by atoms with Gasteiger partial charge in [0.25, 0.3) is 0 Å². The topological polar surface area (TPSA) is 75.3 Å². The van der Waals surface area contributed by atoms with E-state index in [1.54, 1.807) is 0 Å². The average molecular weight is 675 g/mol. The van der Waals surface area contributed by atoms with Crippen LogP contribution in [0, 0.1) is 5.92 Å². The minimum Gasteiger partial charge on any atom is -0.507 e. The number of anilines is 3. The molecule has 0 fully saturated rings. The summed E-state index contributed by atoms with van der Waals surface area (Å²) < 4.78 is 6.54. The maximum atomic E-state index is 12.1. The van der Waals surface area contributed by atoms with E-state index in [1.165, 1.54) is 5.56 Å². The molecule has 258 valence electrons. The van der Waals surface area contributed by atoms with Gasteiger partial charge in [0, 0.05) is 39.6 Å². The van der Waals surface area contributed by atoms with Gasteiger partial charge in [-0.25, -0.2) is 15.0 Å². The van der Waals surface area contributed by atoms with Crippen LogP contribution < -0.4 is 4.90 Å². The van der Waals surface area contributed by atoms with Gasteiger partial charge in [0.15, 0.2) is 11.4 Å². The lowest BCUT2D eigenvalue weighted by Gasteiger charge is -2.27. The Hall–Kier alpha value is -5.49. The van der Waals surface area contributed by atoms with Crippen LogP contribution in [-0.2, 0) is 17.3 Å². The molecule has 7 rings (SSSR count). The molecule has 0 spiro atoms. The van der Waals surface area contributed by atoms with Gasteiger partial charge in [0.1, 0.15) is 28.4 Å². The first-order chi connectivity index (χ1) is 24.3. The van der Waals surface area contributed by atoms with Crippen molar-refractivity contribution in [1.82, 2.24) is 15.0 Å². The number of rotatable bonds is 7. The quantitative estimate of drug-likeness (QED) is 0.181. The van der Waals surface area contributed by atoms with Crippen molar-refractivity contribution in [2.75, 3.05) is 4.90 Å². The summed E-state index contributed by atoms with van der Waals surface area (Å²) in [7, 11) is 0. The lowest BCUT2D eigenvalue weighted by Crippen LogP contribution is -2.17. The highest BCUT2D eigenvalue weighted by atomic mass is 16.3. The van der Waals surface area contributed by atoms with E-state index in [9.17, 15) is 5.11 Å². The second-order valence-corrected chi connectivity index (χ2v) is 15.9. The van der Waals surface area contributed by atoms with E-state index in [2.05, 4.69) is 103 Å². The molecule has 1 N–H and O–H groups in total. The van der Waals surface area contributed by atoms with Crippen LogP contribution >= 0.6 is 0 Å². The Morgan fingerprint density at radius 2 is 1.47 bits per heavy atom. The number of pyridine rings is 1. The highest BCUT2D eigenvalue weighted by Gasteiger charge is 2.29.